The number of nitriles is 1. The molecule has 5 nitrogen and oxygen atoms in total. The van der Waals surface area contributed by atoms with Gasteiger partial charge < -0.3 is 13.6 Å². The number of fused-ring (bicyclic) bond motifs is 18. The molecule has 0 aliphatic carbocycles. The number of aromatic nitrogens is 2. The zero-order valence-corrected chi connectivity index (χ0v) is 41.4. The summed E-state index contributed by atoms with van der Waals surface area (Å²) in [5, 5.41) is 23.2. The molecule has 0 saturated carbocycles. The van der Waals surface area contributed by atoms with Gasteiger partial charge in [-0.2, -0.15) is 5.26 Å². The van der Waals surface area contributed by atoms with Crippen LogP contribution in [0.1, 0.15) is 5.56 Å². The molecule has 0 aliphatic rings. The number of hydrogen-bond donors (Lipinski definition) is 0. The van der Waals surface area contributed by atoms with E-state index in [1.165, 1.54) is 20.2 Å². The van der Waals surface area contributed by atoms with Gasteiger partial charge in [-0.05, 0) is 41.0 Å². The number of thiophene rings is 2. The summed E-state index contributed by atoms with van der Waals surface area (Å²) >= 11 is 3.56. The van der Waals surface area contributed by atoms with E-state index in [2.05, 4.69) is 185 Å². The molecular formula is C68H36N4OS2. The maximum Gasteiger partial charge on any atom is 0.220 e. The van der Waals surface area contributed by atoms with Crippen molar-refractivity contribution in [3.8, 4) is 50.8 Å². The Morgan fingerprint density at radius 2 is 0.867 bits per heavy atom. The molecule has 0 amide bonds. The highest BCUT2D eigenvalue weighted by molar-refractivity contribution is 7.27. The van der Waals surface area contributed by atoms with Crippen molar-refractivity contribution >= 4 is 134 Å². The smallest absolute Gasteiger partial charge is 0.220 e. The van der Waals surface area contributed by atoms with Crippen molar-refractivity contribution in [3.05, 3.63) is 235 Å². The molecule has 16 rings (SSSR count). The molecule has 7 heteroatoms. The number of furan rings is 1. The van der Waals surface area contributed by atoms with Gasteiger partial charge in [-0.25, -0.2) is 4.85 Å². The van der Waals surface area contributed by atoms with Gasteiger partial charge in [0, 0.05) is 80.0 Å². The molecule has 0 aliphatic heterocycles. The number of rotatable bonds is 5. The van der Waals surface area contributed by atoms with E-state index in [1.807, 2.05) is 48.5 Å². The molecule has 346 valence electrons. The number of hydrogen-bond acceptors (Lipinski definition) is 4. The zero-order valence-electron chi connectivity index (χ0n) is 39.8. The van der Waals surface area contributed by atoms with Crippen LogP contribution in [0.15, 0.2) is 223 Å². The zero-order chi connectivity index (χ0) is 49.5. The van der Waals surface area contributed by atoms with Crippen molar-refractivity contribution in [1.82, 2.24) is 9.13 Å². The van der Waals surface area contributed by atoms with Crippen molar-refractivity contribution in [2.75, 3.05) is 0 Å². The van der Waals surface area contributed by atoms with Gasteiger partial charge in [-0.1, -0.05) is 194 Å². The fourth-order valence-electron chi connectivity index (χ4n) is 12.3. The van der Waals surface area contributed by atoms with Crippen molar-refractivity contribution in [3.63, 3.8) is 0 Å². The van der Waals surface area contributed by atoms with Crippen molar-refractivity contribution < 1.29 is 4.42 Å². The highest BCUT2D eigenvalue weighted by Crippen LogP contribution is 2.56. The normalized spacial score (nSPS) is 12.0. The van der Waals surface area contributed by atoms with Gasteiger partial charge in [-0.3, -0.25) is 0 Å². The molecule has 0 atom stereocenters. The van der Waals surface area contributed by atoms with Gasteiger partial charge in [0.25, 0.3) is 0 Å². The molecule has 16 aromatic rings. The standard InChI is InChI=1S/C68H36N4OS2/c1-70-59-57(40-20-7-3-8-21-40)53(38-69)61(71-60-42(39-18-5-2-6-19-39)27-17-28-46(60)48-33-36-51-44-25-12-15-30-55(44)74-67(51)63(48)71)58(41-22-9-4-10-23-41)65(59)72-62-47(32-35-50-43-24-11-14-29-54(43)73-66(50)62)49-34-37-52-45-26-13-16-31-56(45)75-68(52)64(49)72/h2-37H. The van der Waals surface area contributed by atoms with Crippen LogP contribution in [-0.4, -0.2) is 9.13 Å². The lowest BCUT2D eigenvalue weighted by molar-refractivity contribution is 0.671. The second-order valence-electron chi connectivity index (χ2n) is 19.2. The Morgan fingerprint density at radius 3 is 1.47 bits per heavy atom. The van der Waals surface area contributed by atoms with Crippen LogP contribution in [0, 0.1) is 17.9 Å². The van der Waals surface area contributed by atoms with E-state index in [9.17, 15) is 11.8 Å². The fraction of sp³-hybridized carbons (Fsp3) is 0. The molecular weight excluding hydrogens is 953 g/mol. The van der Waals surface area contributed by atoms with Gasteiger partial charge in [0.05, 0.1) is 55.0 Å². The van der Waals surface area contributed by atoms with E-state index in [0.717, 1.165) is 114 Å². The second kappa shape index (κ2) is 15.9. The first-order valence-electron chi connectivity index (χ1n) is 24.9. The number of para-hydroxylation sites is 2. The molecule has 0 bridgehead atoms. The second-order valence-corrected chi connectivity index (χ2v) is 21.3. The predicted octanol–water partition coefficient (Wildman–Crippen LogP) is 19.9. The minimum Gasteiger partial charge on any atom is -0.454 e. The summed E-state index contributed by atoms with van der Waals surface area (Å²) in [5.74, 6) is 0. The van der Waals surface area contributed by atoms with Crippen LogP contribution in [0.5, 0.6) is 0 Å². The van der Waals surface area contributed by atoms with Crippen LogP contribution in [-0.2, 0) is 0 Å². The van der Waals surface area contributed by atoms with Crippen molar-refractivity contribution in [2.24, 2.45) is 0 Å². The van der Waals surface area contributed by atoms with Crippen LogP contribution in [0.2, 0.25) is 0 Å². The van der Waals surface area contributed by atoms with Gasteiger partial charge in [0.15, 0.2) is 5.58 Å². The molecule has 75 heavy (non-hydrogen) atoms. The van der Waals surface area contributed by atoms with Gasteiger partial charge >= 0.3 is 0 Å². The third-order valence-corrected chi connectivity index (χ3v) is 17.8. The Labute approximate surface area is 436 Å². The van der Waals surface area contributed by atoms with Gasteiger partial charge in [0.2, 0.25) is 5.69 Å². The summed E-state index contributed by atoms with van der Waals surface area (Å²) in [6.45, 7) is 9.63. The van der Waals surface area contributed by atoms with Gasteiger partial charge in [-0.15, -0.1) is 22.7 Å². The first-order valence-corrected chi connectivity index (χ1v) is 26.6. The fourth-order valence-corrected chi connectivity index (χ4v) is 14.8. The Morgan fingerprint density at radius 1 is 0.400 bits per heavy atom. The van der Waals surface area contributed by atoms with E-state index in [-0.39, 0.29) is 0 Å². The van der Waals surface area contributed by atoms with E-state index < -0.39 is 0 Å². The molecule has 0 radical (unpaired) electrons. The average molecular weight is 989 g/mol. The monoisotopic (exact) mass is 988 g/mol. The van der Waals surface area contributed by atoms with Crippen LogP contribution in [0.25, 0.3) is 155 Å². The average Bonchev–Trinajstić information content (AvgIpc) is 4.44. The minimum atomic E-state index is 0.376. The Hall–Kier alpha value is -9.76. The summed E-state index contributed by atoms with van der Waals surface area (Å²) < 4.78 is 16.5. The Bertz CT molecular complexity index is 5070. The minimum absolute atomic E-state index is 0.376. The highest BCUT2D eigenvalue weighted by atomic mass is 32.1. The molecule has 0 fully saturated rings. The summed E-state index contributed by atoms with van der Waals surface area (Å²) in [6, 6.07) is 79.5. The topological polar surface area (TPSA) is 51.1 Å². The lowest BCUT2D eigenvalue weighted by Crippen LogP contribution is -2.09. The van der Waals surface area contributed by atoms with Crippen LogP contribution >= 0.6 is 22.7 Å². The summed E-state index contributed by atoms with van der Waals surface area (Å²) in [7, 11) is 0. The van der Waals surface area contributed by atoms with Gasteiger partial charge in [0.1, 0.15) is 11.7 Å². The first-order chi connectivity index (χ1) is 37.2. The third kappa shape index (κ3) is 5.74. The lowest BCUT2D eigenvalue weighted by atomic mass is 9.88. The van der Waals surface area contributed by atoms with Crippen molar-refractivity contribution in [1.29, 1.82) is 5.26 Å². The number of nitrogens with zero attached hydrogens (tertiary/aromatic N) is 4. The molecule has 0 N–H and O–H groups in total. The van der Waals surface area contributed by atoms with Crippen LogP contribution in [0.3, 0.4) is 0 Å². The van der Waals surface area contributed by atoms with E-state index in [0.29, 0.717) is 28.2 Å². The van der Waals surface area contributed by atoms with E-state index in [1.54, 1.807) is 22.7 Å². The quantitative estimate of drug-likeness (QED) is 0.161. The van der Waals surface area contributed by atoms with E-state index in [4.69, 9.17) is 9.26 Å². The molecule has 5 aromatic heterocycles. The van der Waals surface area contributed by atoms with E-state index >= 15 is 0 Å². The Kier molecular flexibility index (Phi) is 8.85. The summed E-state index contributed by atoms with van der Waals surface area (Å²) in [4.78, 5) is 4.69. The largest absolute Gasteiger partial charge is 0.454 e. The van der Waals surface area contributed by atoms with Crippen LogP contribution < -0.4 is 0 Å². The summed E-state index contributed by atoms with van der Waals surface area (Å²) in [5.41, 5.74) is 12.6. The van der Waals surface area contributed by atoms with Crippen LogP contribution in [0.4, 0.5) is 5.69 Å². The maximum atomic E-state index is 12.3. The first kappa shape index (κ1) is 41.8. The highest BCUT2D eigenvalue weighted by Gasteiger charge is 2.34. The maximum absolute atomic E-state index is 12.3. The summed E-state index contributed by atoms with van der Waals surface area (Å²) in [6.07, 6.45) is 0. The lowest BCUT2D eigenvalue weighted by Gasteiger charge is -2.26. The van der Waals surface area contributed by atoms with Crippen molar-refractivity contribution in [2.45, 2.75) is 0 Å². The SMILES string of the molecule is [C-]#[N+]c1c(-c2ccccc2)c(C#N)c(-n2c3c(-c4ccccc4)cccc3c3ccc4c5ccccc5sc4c32)c(-c2ccccc2)c1-n1c2c(ccc3c4ccccc4oc32)c2ccc3c4ccccc4sc3c21. The number of benzene rings is 11. The molecule has 0 unspecified atom stereocenters. The Balaban J connectivity index is 1.24. The third-order valence-electron chi connectivity index (χ3n) is 15.4. The molecule has 5 heterocycles. The molecule has 11 aromatic carbocycles. The predicted molar refractivity (Wildman–Crippen MR) is 315 cm³/mol. The molecule has 0 saturated heterocycles. The molecule has 0 spiro atoms.